The van der Waals surface area contributed by atoms with E-state index < -0.39 is 0 Å². The quantitative estimate of drug-likeness (QED) is 0.786. The lowest BCUT2D eigenvalue weighted by atomic mass is 9.99. The summed E-state index contributed by atoms with van der Waals surface area (Å²) < 4.78 is 1.58. The fraction of sp³-hybridized carbons (Fsp3) is 0.636. The Balaban J connectivity index is 2.84. The van der Waals surface area contributed by atoms with Gasteiger partial charge in [0.25, 0.3) is 5.91 Å². The first-order chi connectivity index (χ1) is 7.41. The molecule has 5 nitrogen and oxygen atoms in total. The second kappa shape index (κ2) is 4.65. The maximum atomic E-state index is 12.0. The molecule has 0 radical (unpaired) electrons. The highest BCUT2D eigenvalue weighted by Gasteiger charge is 2.24. The van der Waals surface area contributed by atoms with Crippen LogP contribution in [0, 0.1) is 6.92 Å². The number of amides is 1. The second-order valence-corrected chi connectivity index (χ2v) is 4.37. The standard InChI is InChI=1S/C11H20N4O/c1-5-11(3,7-12)13-10(16)9-6-8(2)14-15(9)4/h6H,5,7,12H2,1-4H3,(H,13,16). The molecule has 0 saturated carbocycles. The Morgan fingerprint density at radius 3 is 2.69 bits per heavy atom. The Bertz CT molecular complexity index is 379. The molecule has 90 valence electrons. The molecule has 0 bridgehead atoms. The van der Waals surface area contributed by atoms with E-state index in [-0.39, 0.29) is 11.4 Å². The fourth-order valence-electron chi connectivity index (χ4n) is 1.45. The van der Waals surface area contributed by atoms with Gasteiger partial charge in [-0.1, -0.05) is 6.92 Å². The van der Waals surface area contributed by atoms with Crippen LogP contribution in [-0.4, -0.2) is 27.8 Å². The third-order valence-electron chi connectivity index (χ3n) is 2.88. The van der Waals surface area contributed by atoms with Gasteiger partial charge >= 0.3 is 0 Å². The van der Waals surface area contributed by atoms with Crippen LogP contribution in [0.15, 0.2) is 6.07 Å². The number of aryl methyl sites for hydroxylation is 2. The summed E-state index contributed by atoms with van der Waals surface area (Å²) in [5, 5.41) is 7.08. The Kier molecular flexibility index (Phi) is 3.70. The van der Waals surface area contributed by atoms with Crippen molar-refractivity contribution in [3.63, 3.8) is 0 Å². The molecule has 5 heteroatoms. The van der Waals surface area contributed by atoms with E-state index in [1.54, 1.807) is 17.8 Å². The van der Waals surface area contributed by atoms with Crippen molar-refractivity contribution in [1.82, 2.24) is 15.1 Å². The van der Waals surface area contributed by atoms with E-state index in [2.05, 4.69) is 10.4 Å². The monoisotopic (exact) mass is 224 g/mol. The molecule has 1 amide bonds. The molecular formula is C11H20N4O. The molecule has 0 spiro atoms. The first-order valence-corrected chi connectivity index (χ1v) is 5.45. The normalized spacial score (nSPS) is 14.6. The van der Waals surface area contributed by atoms with Crippen molar-refractivity contribution in [3.05, 3.63) is 17.5 Å². The average molecular weight is 224 g/mol. The summed E-state index contributed by atoms with van der Waals surface area (Å²) in [5.41, 5.74) is 6.69. The van der Waals surface area contributed by atoms with E-state index in [4.69, 9.17) is 5.73 Å². The SMILES string of the molecule is CCC(C)(CN)NC(=O)c1cc(C)nn1C. The molecule has 1 atom stereocenters. The predicted octanol–water partition coefficient (Wildman–Crippen LogP) is 0.586. The summed E-state index contributed by atoms with van der Waals surface area (Å²) in [6.07, 6.45) is 0.798. The zero-order valence-electron chi connectivity index (χ0n) is 10.4. The first kappa shape index (κ1) is 12.7. The molecule has 0 aliphatic carbocycles. The molecule has 0 fully saturated rings. The van der Waals surface area contributed by atoms with Crippen molar-refractivity contribution in [2.24, 2.45) is 12.8 Å². The zero-order valence-corrected chi connectivity index (χ0v) is 10.4. The number of nitrogens with zero attached hydrogens (tertiary/aromatic N) is 2. The molecule has 0 saturated heterocycles. The summed E-state index contributed by atoms with van der Waals surface area (Å²) in [6.45, 7) is 6.22. The Labute approximate surface area is 96.0 Å². The van der Waals surface area contributed by atoms with Gasteiger partial charge < -0.3 is 11.1 Å². The van der Waals surface area contributed by atoms with Crippen LogP contribution >= 0.6 is 0 Å². The van der Waals surface area contributed by atoms with Crippen molar-refractivity contribution in [2.75, 3.05) is 6.54 Å². The molecule has 1 unspecified atom stereocenters. The van der Waals surface area contributed by atoms with E-state index in [9.17, 15) is 4.79 Å². The molecule has 0 aliphatic heterocycles. The van der Waals surface area contributed by atoms with Gasteiger partial charge in [-0.3, -0.25) is 9.48 Å². The number of nitrogens with one attached hydrogen (secondary N) is 1. The number of aromatic nitrogens is 2. The number of carbonyl (C=O) groups excluding carboxylic acids is 1. The molecule has 3 N–H and O–H groups in total. The van der Waals surface area contributed by atoms with Crippen LogP contribution < -0.4 is 11.1 Å². The third kappa shape index (κ3) is 2.61. The van der Waals surface area contributed by atoms with Crippen LogP contribution in [0.25, 0.3) is 0 Å². The van der Waals surface area contributed by atoms with Crippen molar-refractivity contribution >= 4 is 5.91 Å². The van der Waals surface area contributed by atoms with E-state index in [1.807, 2.05) is 20.8 Å². The summed E-state index contributed by atoms with van der Waals surface area (Å²) >= 11 is 0. The predicted molar refractivity (Wildman–Crippen MR) is 63.2 cm³/mol. The maximum absolute atomic E-state index is 12.0. The molecule has 16 heavy (non-hydrogen) atoms. The molecule has 1 rings (SSSR count). The fourth-order valence-corrected chi connectivity index (χ4v) is 1.45. The third-order valence-corrected chi connectivity index (χ3v) is 2.88. The summed E-state index contributed by atoms with van der Waals surface area (Å²) in [5.74, 6) is -0.127. The van der Waals surface area contributed by atoms with Crippen LogP contribution in [0.2, 0.25) is 0 Å². The van der Waals surface area contributed by atoms with E-state index in [0.717, 1.165) is 12.1 Å². The number of rotatable bonds is 4. The van der Waals surface area contributed by atoms with E-state index in [0.29, 0.717) is 12.2 Å². The summed E-state index contributed by atoms with van der Waals surface area (Å²) in [6, 6.07) is 1.77. The van der Waals surface area contributed by atoms with E-state index in [1.165, 1.54) is 0 Å². The van der Waals surface area contributed by atoms with Gasteiger partial charge in [0, 0.05) is 19.1 Å². The lowest BCUT2D eigenvalue weighted by molar-refractivity contribution is 0.0897. The van der Waals surface area contributed by atoms with Crippen molar-refractivity contribution in [3.8, 4) is 0 Å². The number of hydrogen-bond acceptors (Lipinski definition) is 3. The van der Waals surface area contributed by atoms with Gasteiger partial charge in [-0.15, -0.1) is 0 Å². The lowest BCUT2D eigenvalue weighted by Crippen LogP contribution is -2.51. The Morgan fingerprint density at radius 2 is 2.31 bits per heavy atom. The average Bonchev–Trinajstić information content (AvgIpc) is 2.57. The highest BCUT2D eigenvalue weighted by atomic mass is 16.2. The minimum Gasteiger partial charge on any atom is -0.344 e. The molecule has 1 heterocycles. The largest absolute Gasteiger partial charge is 0.344 e. The van der Waals surface area contributed by atoms with Gasteiger partial charge in [0.2, 0.25) is 0 Å². The highest BCUT2D eigenvalue weighted by Crippen LogP contribution is 2.09. The topological polar surface area (TPSA) is 72.9 Å². The molecule has 0 aliphatic rings. The Hall–Kier alpha value is -1.36. The van der Waals surface area contributed by atoms with Crippen LogP contribution in [0.3, 0.4) is 0 Å². The molecule has 0 aromatic carbocycles. The van der Waals surface area contributed by atoms with E-state index >= 15 is 0 Å². The van der Waals surface area contributed by atoms with Crippen molar-refractivity contribution in [2.45, 2.75) is 32.7 Å². The van der Waals surface area contributed by atoms with Gasteiger partial charge in [0.1, 0.15) is 5.69 Å². The number of carbonyl (C=O) groups is 1. The van der Waals surface area contributed by atoms with Crippen LogP contribution in [0.4, 0.5) is 0 Å². The summed E-state index contributed by atoms with van der Waals surface area (Å²) in [4.78, 5) is 12.0. The maximum Gasteiger partial charge on any atom is 0.270 e. The second-order valence-electron chi connectivity index (χ2n) is 4.37. The van der Waals surface area contributed by atoms with Crippen molar-refractivity contribution < 1.29 is 4.79 Å². The minimum atomic E-state index is -0.352. The van der Waals surface area contributed by atoms with Crippen LogP contribution in [0.1, 0.15) is 36.5 Å². The van der Waals surface area contributed by atoms with Crippen LogP contribution in [0.5, 0.6) is 0 Å². The highest BCUT2D eigenvalue weighted by molar-refractivity contribution is 5.93. The first-order valence-electron chi connectivity index (χ1n) is 5.45. The van der Waals surface area contributed by atoms with Gasteiger partial charge in [0.05, 0.1) is 5.69 Å². The Morgan fingerprint density at radius 1 is 1.69 bits per heavy atom. The van der Waals surface area contributed by atoms with Gasteiger partial charge in [-0.2, -0.15) is 5.10 Å². The zero-order chi connectivity index (χ0) is 12.3. The van der Waals surface area contributed by atoms with Crippen molar-refractivity contribution in [1.29, 1.82) is 0 Å². The van der Waals surface area contributed by atoms with Gasteiger partial charge in [-0.25, -0.2) is 0 Å². The number of nitrogens with two attached hydrogens (primary N) is 1. The molecule has 1 aromatic rings. The van der Waals surface area contributed by atoms with Crippen LogP contribution in [-0.2, 0) is 7.05 Å². The molecule has 1 aromatic heterocycles. The summed E-state index contributed by atoms with van der Waals surface area (Å²) in [7, 11) is 1.76. The lowest BCUT2D eigenvalue weighted by Gasteiger charge is -2.27. The number of hydrogen-bond donors (Lipinski definition) is 2. The molecular weight excluding hydrogens is 204 g/mol. The smallest absolute Gasteiger partial charge is 0.270 e. The minimum absolute atomic E-state index is 0.127. The van der Waals surface area contributed by atoms with Gasteiger partial charge in [0.15, 0.2) is 0 Å². The van der Waals surface area contributed by atoms with Gasteiger partial charge in [-0.05, 0) is 26.3 Å².